The molecule has 0 unspecified atom stereocenters. The van der Waals surface area contributed by atoms with Crippen LogP contribution in [-0.4, -0.2) is 23.7 Å². The molecule has 5 heteroatoms. The molecule has 0 saturated carbocycles. The lowest BCUT2D eigenvalue weighted by molar-refractivity contribution is 0.375. The number of aryl methyl sites for hydroxylation is 2. The lowest BCUT2D eigenvalue weighted by atomic mass is 10.3. The Balaban J connectivity index is 2.02. The zero-order chi connectivity index (χ0) is 11.4. The predicted octanol–water partition coefficient (Wildman–Crippen LogP) is 2.26. The number of nitrogens with one attached hydrogen (secondary N) is 1. The number of thiophene rings is 1. The van der Waals surface area contributed by atoms with Crippen LogP contribution in [0.5, 0.6) is 0 Å². The van der Waals surface area contributed by atoms with Crippen LogP contribution < -0.4 is 5.32 Å². The summed E-state index contributed by atoms with van der Waals surface area (Å²) in [4.78, 5) is 6.70. The first-order valence-electron chi connectivity index (χ1n) is 5.33. The summed E-state index contributed by atoms with van der Waals surface area (Å²) in [5, 5.41) is 7.07. The molecule has 0 aliphatic heterocycles. The third kappa shape index (κ3) is 2.68. The molecule has 16 heavy (non-hydrogen) atoms. The fourth-order valence-electron chi connectivity index (χ4n) is 1.43. The fourth-order valence-corrected chi connectivity index (χ4v) is 2.22. The summed E-state index contributed by atoms with van der Waals surface area (Å²) < 4.78 is 5.19. The van der Waals surface area contributed by atoms with Crippen molar-refractivity contribution >= 4 is 11.3 Å². The topological polar surface area (TPSA) is 51.0 Å². The van der Waals surface area contributed by atoms with E-state index < -0.39 is 0 Å². The van der Waals surface area contributed by atoms with Crippen molar-refractivity contribution in [2.45, 2.75) is 19.8 Å². The largest absolute Gasteiger partial charge is 0.339 e. The van der Waals surface area contributed by atoms with Crippen molar-refractivity contribution in [1.82, 2.24) is 15.5 Å². The van der Waals surface area contributed by atoms with Gasteiger partial charge in [-0.15, -0.1) is 11.3 Å². The van der Waals surface area contributed by atoms with Crippen LogP contribution in [0.15, 0.2) is 16.7 Å². The van der Waals surface area contributed by atoms with Crippen LogP contribution in [0.4, 0.5) is 0 Å². The molecule has 0 aliphatic rings. The second-order valence-corrected chi connectivity index (χ2v) is 4.92. The lowest BCUT2D eigenvalue weighted by Gasteiger charge is -1.93. The van der Waals surface area contributed by atoms with Gasteiger partial charge >= 0.3 is 0 Å². The van der Waals surface area contributed by atoms with Gasteiger partial charge in [0.2, 0.25) is 11.7 Å². The van der Waals surface area contributed by atoms with E-state index in [2.05, 4.69) is 28.4 Å². The van der Waals surface area contributed by atoms with E-state index in [0.717, 1.165) is 30.2 Å². The highest BCUT2D eigenvalue weighted by atomic mass is 32.1. The van der Waals surface area contributed by atoms with Crippen molar-refractivity contribution in [2.24, 2.45) is 0 Å². The second-order valence-electron chi connectivity index (χ2n) is 3.63. The Morgan fingerprint density at radius 1 is 1.44 bits per heavy atom. The standard InChI is InChI=1S/C11H15N3OS/c1-8-5-6-9(16-8)11-13-10(15-14-11)4-3-7-12-2/h5-6,12H,3-4,7H2,1-2H3. The van der Waals surface area contributed by atoms with E-state index in [-0.39, 0.29) is 0 Å². The highest BCUT2D eigenvalue weighted by molar-refractivity contribution is 7.15. The highest BCUT2D eigenvalue weighted by Crippen LogP contribution is 2.25. The molecule has 0 aliphatic carbocycles. The van der Waals surface area contributed by atoms with E-state index in [4.69, 9.17) is 4.52 Å². The summed E-state index contributed by atoms with van der Waals surface area (Å²) in [5.41, 5.74) is 0. The van der Waals surface area contributed by atoms with Gasteiger partial charge in [0.15, 0.2) is 0 Å². The van der Waals surface area contributed by atoms with Gasteiger partial charge < -0.3 is 9.84 Å². The van der Waals surface area contributed by atoms with Gasteiger partial charge in [0.1, 0.15) is 0 Å². The SMILES string of the molecule is CNCCCc1nc(-c2ccc(C)s2)no1. The van der Waals surface area contributed by atoms with Gasteiger partial charge in [-0.05, 0) is 39.1 Å². The predicted molar refractivity (Wildman–Crippen MR) is 64.6 cm³/mol. The molecule has 0 bridgehead atoms. The number of nitrogens with zero attached hydrogens (tertiary/aromatic N) is 2. The number of hydrogen-bond donors (Lipinski definition) is 1. The molecule has 0 amide bonds. The maximum absolute atomic E-state index is 5.19. The first-order valence-corrected chi connectivity index (χ1v) is 6.15. The normalized spacial score (nSPS) is 10.9. The van der Waals surface area contributed by atoms with Gasteiger partial charge in [0, 0.05) is 11.3 Å². The maximum atomic E-state index is 5.19. The Hall–Kier alpha value is -1.20. The fraction of sp³-hybridized carbons (Fsp3) is 0.455. The zero-order valence-electron chi connectivity index (χ0n) is 9.49. The van der Waals surface area contributed by atoms with Gasteiger partial charge in [-0.25, -0.2) is 0 Å². The van der Waals surface area contributed by atoms with E-state index in [0.29, 0.717) is 5.82 Å². The van der Waals surface area contributed by atoms with Crippen molar-refractivity contribution in [1.29, 1.82) is 0 Å². The minimum atomic E-state index is 0.706. The van der Waals surface area contributed by atoms with E-state index >= 15 is 0 Å². The van der Waals surface area contributed by atoms with Gasteiger partial charge in [-0.1, -0.05) is 5.16 Å². The van der Waals surface area contributed by atoms with Gasteiger partial charge in [-0.2, -0.15) is 4.98 Å². The van der Waals surface area contributed by atoms with Crippen LogP contribution in [0.3, 0.4) is 0 Å². The van der Waals surface area contributed by atoms with Crippen LogP contribution in [0.25, 0.3) is 10.7 Å². The summed E-state index contributed by atoms with van der Waals surface area (Å²) in [6.45, 7) is 3.04. The Morgan fingerprint density at radius 3 is 3.00 bits per heavy atom. The van der Waals surface area contributed by atoms with Crippen LogP contribution in [-0.2, 0) is 6.42 Å². The monoisotopic (exact) mass is 237 g/mol. The van der Waals surface area contributed by atoms with Crippen molar-refractivity contribution in [3.63, 3.8) is 0 Å². The van der Waals surface area contributed by atoms with E-state index in [9.17, 15) is 0 Å². The number of aromatic nitrogens is 2. The number of rotatable bonds is 5. The van der Waals surface area contributed by atoms with Gasteiger partial charge in [0.05, 0.1) is 4.88 Å². The summed E-state index contributed by atoms with van der Waals surface area (Å²) in [7, 11) is 1.94. The molecule has 2 aromatic heterocycles. The zero-order valence-corrected chi connectivity index (χ0v) is 10.3. The third-order valence-electron chi connectivity index (χ3n) is 2.25. The van der Waals surface area contributed by atoms with Crippen molar-refractivity contribution < 1.29 is 4.52 Å². The summed E-state index contributed by atoms with van der Waals surface area (Å²) in [5.74, 6) is 1.42. The lowest BCUT2D eigenvalue weighted by Crippen LogP contribution is -2.08. The molecular formula is C11H15N3OS. The van der Waals surface area contributed by atoms with Crippen LogP contribution in [0.2, 0.25) is 0 Å². The maximum Gasteiger partial charge on any atom is 0.227 e. The molecule has 0 saturated heterocycles. The van der Waals surface area contributed by atoms with E-state index in [1.54, 1.807) is 11.3 Å². The summed E-state index contributed by atoms with van der Waals surface area (Å²) in [6, 6.07) is 4.10. The second kappa shape index (κ2) is 5.23. The van der Waals surface area contributed by atoms with Crippen LogP contribution in [0.1, 0.15) is 17.2 Å². The average molecular weight is 237 g/mol. The summed E-state index contributed by atoms with van der Waals surface area (Å²) in [6.07, 6.45) is 1.85. The Labute approximate surface area is 98.7 Å². The quantitative estimate of drug-likeness (QED) is 0.810. The number of hydrogen-bond acceptors (Lipinski definition) is 5. The molecule has 2 heterocycles. The van der Waals surface area contributed by atoms with Gasteiger partial charge in [-0.3, -0.25) is 0 Å². The van der Waals surface area contributed by atoms with Crippen molar-refractivity contribution in [3.05, 3.63) is 22.9 Å². The average Bonchev–Trinajstić information content (AvgIpc) is 2.87. The van der Waals surface area contributed by atoms with Gasteiger partial charge in [0.25, 0.3) is 0 Å². The highest BCUT2D eigenvalue weighted by Gasteiger charge is 2.09. The van der Waals surface area contributed by atoms with Crippen LogP contribution in [0, 0.1) is 6.92 Å². The minimum absolute atomic E-state index is 0.706. The minimum Gasteiger partial charge on any atom is -0.339 e. The molecule has 4 nitrogen and oxygen atoms in total. The molecule has 0 fully saturated rings. The molecule has 86 valence electrons. The summed E-state index contributed by atoms with van der Waals surface area (Å²) >= 11 is 1.69. The first kappa shape index (κ1) is 11.3. The van der Waals surface area contributed by atoms with Crippen molar-refractivity contribution in [2.75, 3.05) is 13.6 Å². The van der Waals surface area contributed by atoms with E-state index in [1.807, 2.05) is 13.1 Å². The van der Waals surface area contributed by atoms with E-state index in [1.165, 1.54) is 4.88 Å². The molecule has 0 aromatic carbocycles. The Morgan fingerprint density at radius 2 is 2.31 bits per heavy atom. The molecule has 0 atom stereocenters. The molecule has 0 radical (unpaired) electrons. The Bertz CT molecular complexity index is 450. The molecule has 2 aromatic rings. The molecule has 1 N–H and O–H groups in total. The van der Waals surface area contributed by atoms with Crippen molar-refractivity contribution in [3.8, 4) is 10.7 Å². The Kier molecular flexibility index (Phi) is 3.69. The first-order chi connectivity index (χ1) is 7.79. The molecule has 2 rings (SSSR count). The molecule has 0 spiro atoms. The molecular weight excluding hydrogens is 222 g/mol. The third-order valence-corrected chi connectivity index (χ3v) is 3.24. The van der Waals surface area contributed by atoms with Crippen LogP contribution >= 0.6 is 11.3 Å². The smallest absolute Gasteiger partial charge is 0.227 e.